The van der Waals surface area contributed by atoms with Gasteiger partial charge in [0.05, 0.1) is 24.7 Å². The molecule has 6 nitrogen and oxygen atoms in total. The van der Waals surface area contributed by atoms with E-state index in [2.05, 4.69) is 15.0 Å². The number of rotatable bonds is 6. The van der Waals surface area contributed by atoms with E-state index in [9.17, 15) is 8.42 Å². The molecule has 0 bridgehead atoms. The normalized spacial score (nSPS) is 19.6. The fourth-order valence-corrected chi connectivity index (χ4v) is 3.44. The minimum Gasteiger partial charge on any atom is -0.481 e. The van der Waals surface area contributed by atoms with Crippen molar-refractivity contribution in [2.24, 2.45) is 0 Å². The molecule has 0 aromatic carbocycles. The van der Waals surface area contributed by atoms with Crippen LogP contribution in [-0.4, -0.2) is 38.9 Å². The van der Waals surface area contributed by atoms with E-state index in [4.69, 9.17) is 4.74 Å². The number of nitrogens with one attached hydrogen (secondary N) is 2. The maximum atomic E-state index is 12.0. The lowest BCUT2D eigenvalue weighted by Gasteiger charge is -2.23. The van der Waals surface area contributed by atoms with Crippen LogP contribution in [0.4, 0.5) is 5.69 Å². The third-order valence-electron chi connectivity index (χ3n) is 3.37. The number of ether oxygens (including phenoxy) is 1. The number of sulfonamides is 1. The molecule has 7 heteroatoms. The number of aromatic nitrogens is 1. The Morgan fingerprint density at radius 1 is 1.45 bits per heavy atom. The number of pyridine rings is 1. The lowest BCUT2D eigenvalue weighted by atomic mass is 10.0. The standard InChI is InChI=1S/C13H21N3O3S/c1-19-13-6-5-12(10-15-13)16-20(17,18)9-7-11-4-2-3-8-14-11/h5-6,10-11,14,16H,2-4,7-9H2,1H3. The maximum Gasteiger partial charge on any atom is 0.232 e. The minimum absolute atomic E-state index is 0.122. The second-order valence-corrected chi connectivity index (χ2v) is 6.79. The summed E-state index contributed by atoms with van der Waals surface area (Å²) >= 11 is 0. The van der Waals surface area contributed by atoms with Gasteiger partial charge in [-0.1, -0.05) is 6.42 Å². The molecule has 2 rings (SSSR count). The Labute approximate surface area is 120 Å². The Hall–Kier alpha value is -1.34. The predicted octanol–water partition coefficient (Wildman–Crippen LogP) is 1.36. The summed E-state index contributed by atoms with van der Waals surface area (Å²) in [7, 11) is -1.81. The first kappa shape index (κ1) is 15.1. The van der Waals surface area contributed by atoms with Gasteiger partial charge in [-0.25, -0.2) is 13.4 Å². The van der Waals surface area contributed by atoms with E-state index in [1.165, 1.54) is 26.1 Å². The van der Waals surface area contributed by atoms with Crippen LogP contribution in [0.1, 0.15) is 25.7 Å². The number of piperidine rings is 1. The van der Waals surface area contributed by atoms with Crippen LogP contribution in [0.3, 0.4) is 0 Å². The molecule has 1 unspecified atom stereocenters. The van der Waals surface area contributed by atoms with Gasteiger partial charge in [0.25, 0.3) is 0 Å². The fourth-order valence-electron chi connectivity index (χ4n) is 2.26. The number of anilines is 1. The van der Waals surface area contributed by atoms with Crippen molar-refractivity contribution in [3.05, 3.63) is 18.3 Å². The lowest BCUT2D eigenvalue weighted by Crippen LogP contribution is -2.36. The first-order valence-corrected chi connectivity index (χ1v) is 8.48. The van der Waals surface area contributed by atoms with Crippen LogP contribution in [0.5, 0.6) is 5.88 Å². The molecular weight excluding hydrogens is 278 g/mol. The first-order valence-electron chi connectivity index (χ1n) is 6.83. The van der Waals surface area contributed by atoms with E-state index in [-0.39, 0.29) is 5.75 Å². The molecule has 2 N–H and O–H groups in total. The van der Waals surface area contributed by atoms with Gasteiger partial charge in [0.1, 0.15) is 0 Å². The molecule has 0 saturated carbocycles. The predicted molar refractivity (Wildman–Crippen MR) is 78.5 cm³/mol. The van der Waals surface area contributed by atoms with Gasteiger partial charge in [-0.2, -0.15) is 0 Å². The molecule has 1 aromatic heterocycles. The SMILES string of the molecule is COc1ccc(NS(=O)(=O)CCC2CCCCN2)cn1. The Morgan fingerprint density at radius 3 is 2.90 bits per heavy atom. The first-order chi connectivity index (χ1) is 9.59. The van der Waals surface area contributed by atoms with Crippen LogP contribution >= 0.6 is 0 Å². The van der Waals surface area contributed by atoms with Crippen molar-refractivity contribution >= 4 is 15.7 Å². The molecule has 0 radical (unpaired) electrons. The molecular formula is C13H21N3O3S. The summed E-state index contributed by atoms with van der Waals surface area (Å²) in [4.78, 5) is 3.97. The molecule has 2 heterocycles. The van der Waals surface area contributed by atoms with E-state index in [1.54, 1.807) is 12.1 Å². The highest BCUT2D eigenvalue weighted by Crippen LogP contribution is 2.15. The molecule has 1 aliphatic rings. The third-order valence-corrected chi connectivity index (χ3v) is 4.69. The van der Waals surface area contributed by atoms with E-state index in [0.717, 1.165) is 13.0 Å². The average Bonchev–Trinajstić information content (AvgIpc) is 2.47. The fraction of sp³-hybridized carbons (Fsp3) is 0.615. The van der Waals surface area contributed by atoms with Crippen LogP contribution in [-0.2, 0) is 10.0 Å². The molecule has 0 spiro atoms. The van der Waals surface area contributed by atoms with Gasteiger partial charge >= 0.3 is 0 Å². The van der Waals surface area contributed by atoms with Crippen molar-refractivity contribution in [2.45, 2.75) is 31.7 Å². The smallest absolute Gasteiger partial charge is 0.232 e. The van der Waals surface area contributed by atoms with Crippen molar-refractivity contribution in [3.63, 3.8) is 0 Å². The number of hydrogen-bond acceptors (Lipinski definition) is 5. The summed E-state index contributed by atoms with van der Waals surface area (Å²) in [5.41, 5.74) is 0.461. The molecule has 1 aromatic rings. The van der Waals surface area contributed by atoms with Crippen molar-refractivity contribution in [1.82, 2.24) is 10.3 Å². The van der Waals surface area contributed by atoms with E-state index in [1.807, 2.05) is 0 Å². The van der Waals surface area contributed by atoms with Gasteiger partial charge in [0.2, 0.25) is 15.9 Å². The van der Waals surface area contributed by atoms with Crippen molar-refractivity contribution < 1.29 is 13.2 Å². The van der Waals surface area contributed by atoms with Crippen LogP contribution in [0.25, 0.3) is 0 Å². The van der Waals surface area contributed by atoms with Gasteiger partial charge in [0.15, 0.2) is 0 Å². The van der Waals surface area contributed by atoms with Crippen LogP contribution < -0.4 is 14.8 Å². The van der Waals surface area contributed by atoms with E-state index in [0.29, 0.717) is 24.0 Å². The number of nitrogens with zero attached hydrogens (tertiary/aromatic N) is 1. The zero-order valence-corrected chi connectivity index (χ0v) is 12.4. The van der Waals surface area contributed by atoms with Gasteiger partial charge in [-0.3, -0.25) is 4.72 Å². The topological polar surface area (TPSA) is 80.3 Å². The Morgan fingerprint density at radius 2 is 2.30 bits per heavy atom. The molecule has 0 amide bonds. The molecule has 1 saturated heterocycles. The third kappa shape index (κ3) is 4.64. The highest BCUT2D eigenvalue weighted by molar-refractivity contribution is 7.92. The van der Waals surface area contributed by atoms with Gasteiger partial charge in [0, 0.05) is 12.1 Å². The van der Waals surface area contributed by atoms with Crippen molar-refractivity contribution in [3.8, 4) is 5.88 Å². The van der Waals surface area contributed by atoms with Gasteiger partial charge in [-0.05, 0) is 31.9 Å². The van der Waals surface area contributed by atoms with Crippen LogP contribution in [0.2, 0.25) is 0 Å². The molecule has 112 valence electrons. The van der Waals surface area contributed by atoms with Gasteiger partial charge in [-0.15, -0.1) is 0 Å². The van der Waals surface area contributed by atoms with Crippen molar-refractivity contribution in [1.29, 1.82) is 0 Å². The molecule has 0 aliphatic carbocycles. The molecule has 1 atom stereocenters. The minimum atomic E-state index is -3.32. The highest BCUT2D eigenvalue weighted by atomic mass is 32.2. The maximum absolute atomic E-state index is 12.0. The second kappa shape index (κ2) is 6.90. The monoisotopic (exact) mass is 299 g/mol. The number of hydrogen-bond donors (Lipinski definition) is 2. The summed E-state index contributed by atoms with van der Waals surface area (Å²) in [5, 5.41) is 3.35. The van der Waals surface area contributed by atoms with E-state index < -0.39 is 10.0 Å². The molecule has 1 aliphatic heterocycles. The van der Waals surface area contributed by atoms with Crippen LogP contribution in [0, 0.1) is 0 Å². The Balaban J connectivity index is 1.85. The number of methoxy groups -OCH3 is 1. The summed E-state index contributed by atoms with van der Waals surface area (Å²) in [6, 6.07) is 3.58. The largest absolute Gasteiger partial charge is 0.481 e. The Kier molecular flexibility index (Phi) is 5.19. The summed E-state index contributed by atoms with van der Waals surface area (Å²) < 4.78 is 31.5. The second-order valence-electron chi connectivity index (χ2n) is 4.95. The quantitative estimate of drug-likeness (QED) is 0.829. The van der Waals surface area contributed by atoms with Crippen LogP contribution in [0.15, 0.2) is 18.3 Å². The highest BCUT2D eigenvalue weighted by Gasteiger charge is 2.17. The zero-order valence-electron chi connectivity index (χ0n) is 11.6. The molecule has 1 fully saturated rings. The average molecular weight is 299 g/mol. The van der Waals surface area contributed by atoms with E-state index >= 15 is 0 Å². The molecule has 20 heavy (non-hydrogen) atoms. The lowest BCUT2D eigenvalue weighted by molar-refractivity contribution is 0.393. The summed E-state index contributed by atoms with van der Waals surface area (Å²) in [6.07, 6.45) is 5.50. The van der Waals surface area contributed by atoms with Gasteiger partial charge < -0.3 is 10.1 Å². The van der Waals surface area contributed by atoms with Crippen molar-refractivity contribution in [2.75, 3.05) is 24.1 Å². The zero-order chi connectivity index (χ0) is 14.4. The summed E-state index contributed by atoms with van der Waals surface area (Å²) in [5.74, 6) is 0.579. The summed E-state index contributed by atoms with van der Waals surface area (Å²) in [6.45, 7) is 0.987. The Bertz CT molecular complexity index is 510.